The molecular weight excluding hydrogens is 454 g/mol. The fourth-order valence-corrected chi connectivity index (χ4v) is 3.62. The standard InChI is InChI=1S/C25H18BrN3O2/c26-20-7-5-17(6-8-20)15-29-16-19(23-3-1-2-4-24(23)29)13-18(14-27)25(31)28-21-9-11-22(30)12-10-21/h1-13,16,30H,15H2,(H,28,31)/b18-13+. The highest BCUT2D eigenvalue weighted by Crippen LogP contribution is 2.25. The number of aromatic nitrogens is 1. The lowest BCUT2D eigenvalue weighted by molar-refractivity contribution is -0.112. The summed E-state index contributed by atoms with van der Waals surface area (Å²) in [5, 5.41) is 22.6. The molecule has 5 nitrogen and oxygen atoms in total. The third-order valence-corrected chi connectivity index (χ3v) is 5.40. The second-order valence-electron chi connectivity index (χ2n) is 7.03. The summed E-state index contributed by atoms with van der Waals surface area (Å²) < 4.78 is 3.13. The number of nitriles is 1. The molecule has 4 rings (SSSR count). The van der Waals surface area contributed by atoms with Gasteiger partial charge in [-0.15, -0.1) is 0 Å². The van der Waals surface area contributed by atoms with Crippen molar-refractivity contribution in [3.8, 4) is 11.8 Å². The maximum absolute atomic E-state index is 12.6. The van der Waals surface area contributed by atoms with E-state index in [1.165, 1.54) is 12.1 Å². The Balaban J connectivity index is 1.66. The zero-order valence-corrected chi connectivity index (χ0v) is 18.0. The number of halogens is 1. The first kappa shape index (κ1) is 20.5. The molecule has 4 aromatic rings. The van der Waals surface area contributed by atoms with Gasteiger partial charge in [-0.1, -0.05) is 46.3 Å². The van der Waals surface area contributed by atoms with Gasteiger partial charge < -0.3 is 15.0 Å². The Bertz CT molecular complexity index is 1310. The number of para-hydroxylation sites is 1. The van der Waals surface area contributed by atoms with Crippen LogP contribution in [0.15, 0.2) is 89.0 Å². The van der Waals surface area contributed by atoms with Crippen LogP contribution in [-0.4, -0.2) is 15.6 Å². The number of carbonyl (C=O) groups excluding carboxylic acids is 1. The zero-order valence-electron chi connectivity index (χ0n) is 16.4. The third-order valence-electron chi connectivity index (χ3n) is 4.88. The van der Waals surface area contributed by atoms with Crippen LogP contribution in [-0.2, 0) is 11.3 Å². The number of phenolic OH excluding ortho intramolecular Hbond substituents is 1. The second kappa shape index (κ2) is 8.90. The molecule has 0 saturated heterocycles. The molecular formula is C25H18BrN3O2. The first-order valence-corrected chi connectivity index (χ1v) is 10.4. The predicted molar refractivity (Wildman–Crippen MR) is 126 cm³/mol. The molecule has 0 atom stereocenters. The largest absolute Gasteiger partial charge is 0.508 e. The van der Waals surface area contributed by atoms with Gasteiger partial charge in [0.25, 0.3) is 5.91 Å². The van der Waals surface area contributed by atoms with Crippen LogP contribution in [0.2, 0.25) is 0 Å². The highest BCUT2D eigenvalue weighted by Gasteiger charge is 2.13. The van der Waals surface area contributed by atoms with Gasteiger partial charge in [-0.2, -0.15) is 5.26 Å². The average molecular weight is 472 g/mol. The van der Waals surface area contributed by atoms with Crippen molar-refractivity contribution < 1.29 is 9.90 Å². The van der Waals surface area contributed by atoms with Gasteiger partial charge in [-0.05, 0) is 54.1 Å². The lowest BCUT2D eigenvalue weighted by Gasteiger charge is -2.05. The number of nitrogens with zero attached hydrogens (tertiary/aromatic N) is 2. The number of aromatic hydroxyl groups is 1. The molecule has 1 aromatic heterocycles. The quantitative estimate of drug-likeness (QED) is 0.222. The maximum Gasteiger partial charge on any atom is 0.266 e. The molecule has 2 N–H and O–H groups in total. The van der Waals surface area contributed by atoms with Crippen LogP contribution in [0.4, 0.5) is 5.69 Å². The first-order valence-electron chi connectivity index (χ1n) is 9.58. The van der Waals surface area contributed by atoms with E-state index in [1.54, 1.807) is 18.2 Å². The van der Waals surface area contributed by atoms with E-state index in [9.17, 15) is 15.2 Å². The number of hydrogen-bond donors (Lipinski definition) is 2. The molecule has 0 fully saturated rings. The third kappa shape index (κ3) is 4.68. The Labute approximate surface area is 188 Å². The normalized spacial score (nSPS) is 11.3. The lowest BCUT2D eigenvalue weighted by Crippen LogP contribution is -2.13. The van der Waals surface area contributed by atoms with Crippen LogP contribution in [0, 0.1) is 11.3 Å². The van der Waals surface area contributed by atoms with Gasteiger partial charge >= 0.3 is 0 Å². The van der Waals surface area contributed by atoms with Crippen molar-refractivity contribution >= 4 is 44.5 Å². The van der Waals surface area contributed by atoms with Crippen molar-refractivity contribution in [2.75, 3.05) is 5.32 Å². The Morgan fingerprint density at radius 2 is 1.77 bits per heavy atom. The van der Waals surface area contributed by atoms with Gasteiger partial charge in [0.2, 0.25) is 0 Å². The number of benzene rings is 3. The van der Waals surface area contributed by atoms with Gasteiger partial charge in [-0.25, -0.2) is 0 Å². The summed E-state index contributed by atoms with van der Waals surface area (Å²) in [5.41, 5.74) is 3.46. The summed E-state index contributed by atoms with van der Waals surface area (Å²) in [6.45, 7) is 0.670. The van der Waals surface area contributed by atoms with Crippen LogP contribution in [0.25, 0.3) is 17.0 Å². The molecule has 0 bridgehead atoms. The zero-order chi connectivity index (χ0) is 21.8. The van der Waals surface area contributed by atoms with E-state index in [4.69, 9.17) is 0 Å². The summed E-state index contributed by atoms with van der Waals surface area (Å²) in [5.74, 6) is -0.398. The smallest absolute Gasteiger partial charge is 0.266 e. The second-order valence-corrected chi connectivity index (χ2v) is 7.94. The molecule has 0 unspecified atom stereocenters. The minimum Gasteiger partial charge on any atom is -0.508 e. The minimum absolute atomic E-state index is 0.000352. The molecule has 0 aliphatic heterocycles. The number of hydrogen-bond acceptors (Lipinski definition) is 3. The van der Waals surface area contributed by atoms with Crippen LogP contribution >= 0.6 is 15.9 Å². The number of amides is 1. The van der Waals surface area contributed by atoms with Crippen molar-refractivity contribution in [2.24, 2.45) is 0 Å². The van der Waals surface area contributed by atoms with Crippen molar-refractivity contribution in [3.05, 3.63) is 100 Å². The van der Waals surface area contributed by atoms with Gasteiger partial charge in [0.15, 0.2) is 0 Å². The summed E-state index contributed by atoms with van der Waals surface area (Å²) >= 11 is 3.46. The van der Waals surface area contributed by atoms with E-state index in [2.05, 4.69) is 37.9 Å². The van der Waals surface area contributed by atoms with Crippen molar-refractivity contribution in [1.82, 2.24) is 4.57 Å². The maximum atomic E-state index is 12.6. The van der Waals surface area contributed by atoms with Crippen LogP contribution in [0.3, 0.4) is 0 Å². The number of nitrogens with one attached hydrogen (secondary N) is 1. The Morgan fingerprint density at radius 1 is 1.06 bits per heavy atom. The van der Waals surface area contributed by atoms with E-state index in [1.807, 2.05) is 48.7 Å². The highest BCUT2D eigenvalue weighted by atomic mass is 79.9. The van der Waals surface area contributed by atoms with Crippen molar-refractivity contribution in [1.29, 1.82) is 5.26 Å². The number of rotatable bonds is 5. The number of phenols is 1. The molecule has 1 amide bonds. The predicted octanol–water partition coefficient (Wildman–Crippen LogP) is 5.70. The van der Waals surface area contributed by atoms with Crippen molar-refractivity contribution in [2.45, 2.75) is 6.54 Å². The van der Waals surface area contributed by atoms with Crippen molar-refractivity contribution in [3.63, 3.8) is 0 Å². The summed E-state index contributed by atoms with van der Waals surface area (Å²) in [7, 11) is 0. The molecule has 1 heterocycles. The number of fused-ring (bicyclic) bond motifs is 1. The van der Waals surface area contributed by atoms with E-state index in [0.717, 1.165) is 26.5 Å². The summed E-state index contributed by atoms with van der Waals surface area (Å²) in [6.07, 6.45) is 3.56. The van der Waals surface area contributed by atoms with Crippen LogP contribution in [0.1, 0.15) is 11.1 Å². The van der Waals surface area contributed by atoms with Gasteiger partial charge in [0, 0.05) is 39.4 Å². The van der Waals surface area contributed by atoms with Gasteiger partial charge in [0.05, 0.1) is 0 Å². The molecule has 3 aromatic carbocycles. The molecule has 152 valence electrons. The Morgan fingerprint density at radius 3 is 2.48 bits per heavy atom. The van der Waals surface area contributed by atoms with E-state index in [0.29, 0.717) is 12.2 Å². The summed E-state index contributed by atoms with van der Waals surface area (Å²) in [6, 6.07) is 24.1. The molecule has 0 spiro atoms. The van der Waals surface area contributed by atoms with E-state index in [-0.39, 0.29) is 11.3 Å². The lowest BCUT2D eigenvalue weighted by atomic mass is 10.1. The topological polar surface area (TPSA) is 78.0 Å². The minimum atomic E-state index is -0.502. The number of anilines is 1. The first-order chi connectivity index (χ1) is 15.0. The fraction of sp³-hybridized carbons (Fsp3) is 0.0400. The summed E-state index contributed by atoms with van der Waals surface area (Å²) in [4.78, 5) is 12.6. The monoisotopic (exact) mass is 471 g/mol. The average Bonchev–Trinajstić information content (AvgIpc) is 3.12. The van der Waals surface area contributed by atoms with Crippen LogP contribution < -0.4 is 5.32 Å². The Kier molecular flexibility index (Phi) is 5.87. The molecule has 0 radical (unpaired) electrons. The molecule has 6 heteroatoms. The fourth-order valence-electron chi connectivity index (χ4n) is 3.35. The van der Waals surface area contributed by atoms with E-state index >= 15 is 0 Å². The Hall–Kier alpha value is -3.82. The highest BCUT2D eigenvalue weighted by molar-refractivity contribution is 9.10. The van der Waals surface area contributed by atoms with E-state index < -0.39 is 5.91 Å². The van der Waals surface area contributed by atoms with Gasteiger partial charge in [0.1, 0.15) is 17.4 Å². The molecule has 31 heavy (non-hydrogen) atoms. The van der Waals surface area contributed by atoms with Crippen LogP contribution in [0.5, 0.6) is 5.75 Å². The molecule has 0 saturated carbocycles. The molecule has 0 aliphatic rings. The number of carbonyl (C=O) groups is 1. The van der Waals surface area contributed by atoms with Gasteiger partial charge in [-0.3, -0.25) is 4.79 Å². The SMILES string of the molecule is N#C/C(=C\c1cn(Cc2ccc(Br)cc2)c2ccccc12)C(=O)Nc1ccc(O)cc1. The molecule has 0 aliphatic carbocycles.